The number of hydrogen-bond acceptors (Lipinski definition) is 4. The van der Waals surface area contributed by atoms with Crippen LogP contribution in [0.4, 0.5) is 10.1 Å². The van der Waals surface area contributed by atoms with Crippen LogP contribution in [0.15, 0.2) is 24.3 Å². The molecule has 0 fully saturated rings. The lowest BCUT2D eigenvalue weighted by molar-refractivity contribution is -0.384. The van der Waals surface area contributed by atoms with Crippen molar-refractivity contribution in [2.75, 3.05) is 6.67 Å². The van der Waals surface area contributed by atoms with E-state index < -0.39 is 23.2 Å². The number of carbonyl (C=O) groups is 1. The number of ether oxygens (including phenoxy) is 1. The lowest BCUT2D eigenvalue weighted by Crippen LogP contribution is -2.36. The maximum absolute atomic E-state index is 12.9. The minimum atomic E-state index is -1.38. The van der Waals surface area contributed by atoms with Crippen molar-refractivity contribution in [2.24, 2.45) is 0 Å². The second-order valence-corrected chi connectivity index (χ2v) is 4.35. The van der Waals surface area contributed by atoms with E-state index in [4.69, 9.17) is 9.84 Å². The molecule has 0 saturated carbocycles. The number of aliphatic carboxylic acids is 1. The van der Waals surface area contributed by atoms with Gasteiger partial charge in [0.2, 0.25) is 0 Å². The highest BCUT2D eigenvalue weighted by molar-refractivity contribution is 6.17. The zero-order valence-corrected chi connectivity index (χ0v) is 9.92. The summed E-state index contributed by atoms with van der Waals surface area (Å²) in [6.07, 6.45) is 1.13. The molecule has 7 heteroatoms. The van der Waals surface area contributed by atoms with Crippen molar-refractivity contribution in [1.82, 2.24) is 0 Å². The topological polar surface area (TPSA) is 89.7 Å². The van der Waals surface area contributed by atoms with Gasteiger partial charge in [0.1, 0.15) is 12.4 Å². The number of carboxylic acids is 1. The molecule has 1 aliphatic rings. The summed E-state index contributed by atoms with van der Waals surface area (Å²) in [5, 5.41) is 19.8. The lowest BCUT2D eigenvalue weighted by atomic mass is 9.94. The molecule has 6 nitrogen and oxygen atoms in total. The predicted molar refractivity (Wildman–Crippen MR) is 63.7 cm³/mol. The molecule has 19 heavy (non-hydrogen) atoms. The molecule has 1 aliphatic heterocycles. The normalized spacial score (nSPS) is 21.1. The van der Waals surface area contributed by atoms with E-state index in [0.717, 1.165) is 12.1 Å². The molecule has 1 atom stereocenters. The van der Waals surface area contributed by atoms with E-state index in [1.54, 1.807) is 0 Å². The average Bonchev–Trinajstić information content (AvgIpc) is 2.37. The fourth-order valence-corrected chi connectivity index (χ4v) is 1.84. The monoisotopic (exact) mass is 267 g/mol. The van der Waals surface area contributed by atoms with E-state index in [1.807, 2.05) is 0 Å². The second-order valence-electron chi connectivity index (χ2n) is 4.35. The maximum Gasteiger partial charge on any atom is 0.336 e. The summed E-state index contributed by atoms with van der Waals surface area (Å²) in [5.74, 6) is -1.17. The van der Waals surface area contributed by atoms with Crippen molar-refractivity contribution in [1.29, 1.82) is 0 Å². The van der Waals surface area contributed by atoms with Crippen molar-refractivity contribution in [3.05, 3.63) is 40.0 Å². The number of alkyl halides is 1. The first-order chi connectivity index (χ1) is 8.86. The first-order valence-corrected chi connectivity index (χ1v) is 5.36. The quantitative estimate of drug-likeness (QED) is 0.669. The number of benzene rings is 1. The van der Waals surface area contributed by atoms with Gasteiger partial charge in [0, 0.05) is 17.7 Å². The molecule has 0 radical (unpaired) electrons. The number of rotatable bonds is 3. The highest BCUT2D eigenvalue weighted by Crippen LogP contribution is 2.38. The van der Waals surface area contributed by atoms with Crippen LogP contribution in [0.3, 0.4) is 0 Å². The zero-order valence-electron chi connectivity index (χ0n) is 9.92. The number of fused-ring (bicyclic) bond motifs is 1. The van der Waals surface area contributed by atoms with Crippen LogP contribution in [0.1, 0.15) is 12.5 Å². The molecule has 0 aromatic heterocycles. The van der Waals surface area contributed by atoms with Gasteiger partial charge in [0.15, 0.2) is 5.60 Å². The predicted octanol–water partition coefficient (Wildman–Crippen LogP) is 2.18. The Labute approximate surface area is 107 Å². The summed E-state index contributed by atoms with van der Waals surface area (Å²) in [6, 6.07) is 3.56. The van der Waals surface area contributed by atoms with Gasteiger partial charge in [-0.1, -0.05) is 0 Å². The summed E-state index contributed by atoms with van der Waals surface area (Å²) >= 11 is 0. The average molecular weight is 267 g/mol. The minimum Gasteiger partial charge on any atom is -0.480 e. The Balaban J connectivity index is 2.61. The van der Waals surface area contributed by atoms with Crippen molar-refractivity contribution in [3.63, 3.8) is 0 Å². The minimum absolute atomic E-state index is 0.0765. The van der Waals surface area contributed by atoms with Gasteiger partial charge < -0.3 is 9.84 Å². The molecule has 0 aliphatic carbocycles. The van der Waals surface area contributed by atoms with Crippen molar-refractivity contribution >= 4 is 17.2 Å². The van der Waals surface area contributed by atoms with Gasteiger partial charge in [0.05, 0.1) is 10.5 Å². The van der Waals surface area contributed by atoms with Gasteiger partial charge in [-0.2, -0.15) is 0 Å². The molecule has 0 amide bonds. The lowest BCUT2D eigenvalue weighted by Gasteiger charge is -2.30. The van der Waals surface area contributed by atoms with Crippen LogP contribution in [-0.4, -0.2) is 28.3 Å². The highest BCUT2D eigenvalue weighted by atomic mass is 19.1. The molecule has 1 aromatic carbocycles. The van der Waals surface area contributed by atoms with Crippen molar-refractivity contribution in [2.45, 2.75) is 12.5 Å². The van der Waals surface area contributed by atoms with E-state index in [9.17, 15) is 19.3 Å². The summed E-state index contributed by atoms with van der Waals surface area (Å²) < 4.78 is 18.3. The van der Waals surface area contributed by atoms with E-state index in [1.165, 1.54) is 19.1 Å². The van der Waals surface area contributed by atoms with E-state index >= 15 is 0 Å². The van der Waals surface area contributed by atoms with Crippen molar-refractivity contribution in [3.8, 4) is 5.75 Å². The zero-order chi connectivity index (χ0) is 14.2. The van der Waals surface area contributed by atoms with Crippen LogP contribution < -0.4 is 4.74 Å². The van der Waals surface area contributed by atoms with Crippen LogP contribution in [0, 0.1) is 10.1 Å². The molecular weight excluding hydrogens is 257 g/mol. The number of nitro groups is 1. The smallest absolute Gasteiger partial charge is 0.336 e. The number of carboxylic acid groups (broad SMARTS) is 1. The molecular formula is C12H10FNO5. The highest BCUT2D eigenvalue weighted by Gasteiger charge is 2.34. The first-order valence-electron chi connectivity index (χ1n) is 5.36. The van der Waals surface area contributed by atoms with Gasteiger partial charge in [-0.05, 0) is 19.1 Å². The SMILES string of the molecule is CC1(CF)C=C(C(=O)O)c2cc([N+](=O)[O-])ccc2O1. The summed E-state index contributed by atoms with van der Waals surface area (Å²) in [7, 11) is 0. The number of non-ortho nitro benzene ring substituents is 1. The molecule has 0 saturated heterocycles. The maximum atomic E-state index is 12.9. The van der Waals surface area contributed by atoms with Gasteiger partial charge in [-0.15, -0.1) is 0 Å². The Morgan fingerprint density at radius 2 is 2.26 bits per heavy atom. The molecule has 0 spiro atoms. The molecule has 1 N–H and O–H groups in total. The van der Waals surface area contributed by atoms with E-state index in [2.05, 4.69) is 0 Å². The fraction of sp³-hybridized carbons (Fsp3) is 0.250. The van der Waals surface area contributed by atoms with Gasteiger partial charge in [0.25, 0.3) is 5.69 Å². The van der Waals surface area contributed by atoms with Gasteiger partial charge in [-0.3, -0.25) is 10.1 Å². The Morgan fingerprint density at radius 3 is 2.79 bits per heavy atom. The molecule has 1 aromatic rings. The molecule has 2 rings (SSSR count). The van der Waals surface area contributed by atoms with Crippen LogP contribution >= 0.6 is 0 Å². The molecule has 0 bridgehead atoms. The first kappa shape index (κ1) is 13.0. The van der Waals surface area contributed by atoms with Crippen LogP contribution in [-0.2, 0) is 4.79 Å². The summed E-state index contributed by atoms with van der Waals surface area (Å²) in [5.41, 5.74) is -1.76. The largest absolute Gasteiger partial charge is 0.480 e. The third-order valence-electron chi connectivity index (χ3n) is 2.75. The standard InChI is InChI=1S/C12H10FNO5/c1-12(6-13)5-9(11(15)16)8-4-7(14(17)18)2-3-10(8)19-12/h2-5H,6H2,1H3,(H,15,16). The molecule has 1 unspecified atom stereocenters. The number of hydrogen-bond donors (Lipinski definition) is 1. The Morgan fingerprint density at radius 1 is 1.58 bits per heavy atom. The van der Waals surface area contributed by atoms with Gasteiger partial charge in [-0.25, -0.2) is 9.18 Å². The molecule has 100 valence electrons. The summed E-state index contributed by atoms with van der Waals surface area (Å²) in [6.45, 7) is 0.500. The van der Waals surface area contributed by atoms with Gasteiger partial charge >= 0.3 is 5.97 Å². The van der Waals surface area contributed by atoms with E-state index in [0.29, 0.717) is 0 Å². The second kappa shape index (κ2) is 4.34. The third-order valence-corrected chi connectivity index (χ3v) is 2.75. The summed E-state index contributed by atoms with van der Waals surface area (Å²) in [4.78, 5) is 21.2. The van der Waals surface area contributed by atoms with Crippen LogP contribution in [0.25, 0.3) is 5.57 Å². The number of halogens is 1. The Hall–Kier alpha value is -2.44. The molecule has 1 heterocycles. The Kier molecular flexibility index (Phi) is 2.97. The van der Waals surface area contributed by atoms with E-state index in [-0.39, 0.29) is 22.6 Å². The van der Waals surface area contributed by atoms with Crippen molar-refractivity contribution < 1.29 is 24.0 Å². The Bertz CT molecular complexity index is 598. The van der Waals surface area contributed by atoms with Crippen LogP contribution in [0.5, 0.6) is 5.75 Å². The third kappa shape index (κ3) is 2.26. The number of nitrogens with zero attached hydrogens (tertiary/aromatic N) is 1. The number of nitro benzene ring substituents is 1. The van der Waals surface area contributed by atoms with Crippen LogP contribution in [0.2, 0.25) is 0 Å². The fourth-order valence-electron chi connectivity index (χ4n) is 1.84.